The molecule has 0 aromatic heterocycles. The van der Waals surface area contributed by atoms with Gasteiger partial charge in [-0.2, -0.15) is 0 Å². The highest BCUT2D eigenvalue weighted by Crippen LogP contribution is 2.47. The van der Waals surface area contributed by atoms with E-state index in [0.717, 1.165) is 0 Å². The average molecular weight is 270 g/mol. The van der Waals surface area contributed by atoms with Crippen LogP contribution in [0.4, 0.5) is 0 Å². The van der Waals surface area contributed by atoms with Crippen LogP contribution >= 0.6 is 30.9 Å². The molecule has 0 radical (unpaired) electrons. The molecular formula is C7H15Cl2N2O2P. The number of halogens is 2. The van der Waals surface area contributed by atoms with Crippen LogP contribution in [0, 0.1) is 0 Å². The van der Waals surface area contributed by atoms with Gasteiger partial charge in [0.1, 0.15) is 1.41 Å². The van der Waals surface area contributed by atoms with E-state index in [9.17, 15) is 4.57 Å². The molecule has 1 atom stereocenters. The Bertz CT molecular complexity index is 503. The Kier molecular flexibility index (Phi) is 2.21. The molecule has 0 bridgehead atoms. The Balaban J connectivity index is 3.39. The van der Waals surface area contributed by atoms with Crippen LogP contribution in [0.2, 0.25) is 1.41 Å². The summed E-state index contributed by atoms with van der Waals surface area (Å²) in [6.45, 7) is -7.82. The molecule has 1 fully saturated rings. The van der Waals surface area contributed by atoms with Crippen LogP contribution in [0.15, 0.2) is 0 Å². The molecule has 84 valence electrons. The summed E-state index contributed by atoms with van der Waals surface area (Å²) >= 11 is 10.9. The monoisotopic (exact) mass is 269 g/mol. The minimum atomic E-state index is -4.82. The first-order chi connectivity index (χ1) is 10.0. The van der Waals surface area contributed by atoms with Gasteiger partial charge in [-0.3, -0.25) is 4.57 Å². The lowest BCUT2D eigenvalue weighted by molar-refractivity contribution is 0.233. The first-order valence-electron chi connectivity index (χ1n) is 8.08. The van der Waals surface area contributed by atoms with Gasteiger partial charge >= 0.3 is 7.67 Å². The summed E-state index contributed by atoms with van der Waals surface area (Å²) in [6, 6.07) is 0. The normalized spacial score (nSPS) is 50.9. The fourth-order valence-corrected chi connectivity index (χ4v) is 2.57. The van der Waals surface area contributed by atoms with E-state index < -0.39 is 39.5 Å². The maximum atomic E-state index is 13.0. The van der Waals surface area contributed by atoms with E-state index in [1.54, 1.807) is 0 Å². The van der Waals surface area contributed by atoms with Crippen LogP contribution in [-0.2, 0) is 9.09 Å². The summed E-state index contributed by atoms with van der Waals surface area (Å²) in [5, 5.41) is -0.309. The predicted octanol–water partition coefficient (Wildman–Crippen LogP) is 1.88. The topological polar surface area (TPSA) is 41.6 Å². The van der Waals surface area contributed by atoms with Crippen molar-refractivity contribution in [1.29, 1.82) is 0 Å². The van der Waals surface area contributed by atoms with Crippen LogP contribution < -0.4 is 5.08 Å². The SMILES string of the molecule is [2H]N1C([2H])([2H])C([2H])([2H])C([2H])([2H])OP1(=O)N(CCCl)CC([2H])([2H])Cl. The van der Waals surface area contributed by atoms with Crippen molar-refractivity contribution >= 4 is 30.9 Å². The third-order valence-corrected chi connectivity index (χ3v) is 3.42. The lowest BCUT2D eigenvalue weighted by atomic mass is 10.5. The summed E-state index contributed by atoms with van der Waals surface area (Å²) in [5.74, 6) is -2.66. The molecule has 0 aromatic rings. The van der Waals surface area contributed by atoms with E-state index >= 15 is 0 Å². The number of nitrogens with zero attached hydrogens (tertiary/aromatic N) is 1. The molecule has 1 rings (SSSR count). The van der Waals surface area contributed by atoms with E-state index in [4.69, 9.17) is 35.6 Å². The van der Waals surface area contributed by atoms with Crippen molar-refractivity contribution in [3.05, 3.63) is 0 Å². The molecule has 4 nitrogen and oxygen atoms in total. The summed E-state index contributed by atoms with van der Waals surface area (Å²) in [6.07, 6.45) is -3.32. The lowest BCUT2D eigenvalue weighted by Crippen LogP contribution is -2.35. The zero-order valence-corrected chi connectivity index (χ0v) is 9.44. The molecule has 1 heterocycles. The zero-order chi connectivity index (χ0) is 18.5. The number of hydrogen-bond acceptors (Lipinski definition) is 2. The van der Waals surface area contributed by atoms with Crippen LogP contribution in [0.1, 0.15) is 17.3 Å². The van der Waals surface area contributed by atoms with Gasteiger partial charge in [0, 0.05) is 39.5 Å². The third kappa shape index (κ3) is 3.37. The molecule has 0 aromatic carbocycles. The minimum absolute atomic E-state index is 0.215. The van der Waals surface area contributed by atoms with E-state index in [0.29, 0.717) is 4.67 Å². The van der Waals surface area contributed by atoms with Gasteiger partial charge in [-0.15, -0.1) is 23.2 Å². The van der Waals surface area contributed by atoms with Crippen molar-refractivity contribution in [3.63, 3.8) is 0 Å². The van der Waals surface area contributed by atoms with Crippen LogP contribution in [0.5, 0.6) is 0 Å². The fourth-order valence-electron chi connectivity index (χ4n) is 0.796. The first kappa shape index (κ1) is 4.91. The Morgan fingerprint density at radius 2 is 2.50 bits per heavy atom. The zero-order valence-electron chi connectivity index (χ0n) is 16.0. The highest BCUT2D eigenvalue weighted by Gasteiger charge is 2.32. The van der Waals surface area contributed by atoms with Crippen molar-refractivity contribution in [1.82, 2.24) is 9.75 Å². The molecule has 1 saturated heterocycles. The number of alkyl halides is 2. The minimum Gasteiger partial charge on any atom is -0.306 e. The molecule has 1 aliphatic heterocycles. The molecular weight excluding hydrogens is 246 g/mol. The summed E-state index contributed by atoms with van der Waals surface area (Å²) < 4.78 is 86.0. The summed E-state index contributed by atoms with van der Waals surface area (Å²) in [5.41, 5.74) is 0. The molecule has 1 unspecified atom stereocenters. The second-order valence-electron chi connectivity index (χ2n) is 2.23. The number of hydrogen-bond donors (Lipinski definition) is 1. The largest absolute Gasteiger partial charge is 0.343 e. The molecule has 0 saturated carbocycles. The third-order valence-electron chi connectivity index (χ3n) is 1.39. The second-order valence-corrected chi connectivity index (χ2v) is 4.81. The molecule has 14 heavy (non-hydrogen) atoms. The van der Waals surface area contributed by atoms with Crippen molar-refractivity contribution in [2.24, 2.45) is 0 Å². The molecule has 0 aliphatic carbocycles. The molecule has 1 N–H and O–H groups in total. The van der Waals surface area contributed by atoms with Crippen LogP contribution in [0.3, 0.4) is 0 Å². The van der Waals surface area contributed by atoms with E-state index in [2.05, 4.69) is 4.52 Å². The highest BCUT2D eigenvalue weighted by molar-refractivity contribution is 7.54. The molecule has 0 spiro atoms. The maximum absolute atomic E-state index is 13.0. The van der Waals surface area contributed by atoms with Gasteiger partial charge in [-0.1, -0.05) is 0 Å². The molecule has 7 heteroatoms. The van der Waals surface area contributed by atoms with Crippen LogP contribution in [0.25, 0.3) is 0 Å². The Hall–Kier alpha value is 0.690. The summed E-state index contributed by atoms with van der Waals surface area (Å²) in [7, 11) is -4.82. The molecule has 0 amide bonds. The second kappa shape index (κ2) is 6.31. The average Bonchev–Trinajstić information content (AvgIpc) is 2.33. The van der Waals surface area contributed by atoms with Crippen molar-refractivity contribution in [2.45, 2.75) is 6.37 Å². The quantitative estimate of drug-likeness (QED) is 0.612. The van der Waals surface area contributed by atoms with Gasteiger partial charge in [0.2, 0.25) is 0 Å². The number of rotatable bonds is 5. The van der Waals surface area contributed by atoms with E-state index in [-0.39, 0.29) is 17.5 Å². The van der Waals surface area contributed by atoms with Crippen molar-refractivity contribution in [2.75, 3.05) is 37.9 Å². The van der Waals surface area contributed by atoms with Gasteiger partial charge < -0.3 is 4.52 Å². The van der Waals surface area contributed by atoms with Crippen molar-refractivity contribution < 1.29 is 21.5 Å². The Labute approximate surface area is 107 Å². The van der Waals surface area contributed by atoms with Gasteiger partial charge in [0.25, 0.3) is 0 Å². The van der Waals surface area contributed by atoms with Gasteiger partial charge in [0.05, 0.1) is 9.30 Å². The van der Waals surface area contributed by atoms with Crippen molar-refractivity contribution in [3.8, 4) is 0 Å². The lowest BCUT2D eigenvalue weighted by Gasteiger charge is -2.33. The van der Waals surface area contributed by atoms with Crippen LogP contribution in [-0.4, -0.2) is 42.5 Å². The highest BCUT2D eigenvalue weighted by atomic mass is 35.5. The molecule has 1 aliphatic rings. The van der Waals surface area contributed by atoms with E-state index in [1.807, 2.05) is 0 Å². The first-order valence-corrected chi connectivity index (χ1v) is 6.08. The van der Waals surface area contributed by atoms with Gasteiger partial charge in [-0.05, 0) is 6.37 Å². The fraction of sp³-hybridized carbons (Fsp3) is 1.00. The number of nitrogens with one attached hydrogen (secondary N) is 1. The maximum Gasteiger partial charge on any atom is 0.343 e. The summed E-state index contributed by atoms with van der Waals surface area (Å²) in [4.78, 5) is 0. The standard InChI is InChI=1S/C7H15Cl2N2O2P/c8-2-5-11(6-3-9)14(12)10-4-1-7-13-14/h1-7H2,(H,10,12)/i1D2,2D2,4D2,7D2/hD. The Morgan fingerprint density at radius 1 is 1.71 bits per heavy atom. The smallest absolute Gasteiger partial charge is 0.306 e. The van der Waals surface area contributed by atoms with Gasteiger partial charge in [0.15, 0.2) is 0 Å². The van der Waals surface area contributed by atoms with E-state index in [1.165, 1.54) is 0 Å². The predicted molar refractivity (Wildman–Crippen MR) is 59.2 cm³/mol. The Morgan fingerprint density at radius 3 is 3.14 bits per heavy atom. The van der Waals surface area contributed by atoms with Gasteiger partial charge in [-0.25, -0.2) is 9.75 Å².